The third kappa shape index (κ3) is 4.32. The first-order chi connectivity index (χ1) is 10.3. The van der Waals surface area contributed by atoms with Gasteiger partial charge in [0, 0.05) is 6.61 Å². The topological polar surface area (TPSA) is 9.23 Å². The first-order valence-electron chi connectivity index (χ1n) is 8.10. The Bertz CT molecular complexity index is 524. The summed E-state index contributed by atoms with van der Waals surface area (Å²) in [7, 11) is 0. The van der Waals surface area contributed by atoms with E-state index in [0.29, 0.717) is 5.56 Å². The highest BCUT2D eigenvalue weighted by Gasteiger charge is 2.22. The number of ether oxygens (including phenoxy) is 1. The lowest BCUT2D eigenvalue weighted by Crippen LogP contribution is -2.24. The minimum absolute atomic E-state index is 0.122. The standard InChI is InChI=1S/C19H25FO/c1-3-5-6-7-13-21-17-11-12-18-16(14-17)10-9-15(8-4-2)19(18)20/h9-10,17H,3,5-7,11-14H2,1-2H3. The first-order valence-corrected chi connectivity index (χ1v) is 8.10. The average molecular weight is 288 g/mol. The molecule has 0 saturated carbocycles. The van der Waals surface area contributed by atoms with Crippen molar-refractivity contribution in [1.29, 1.82) is 0 Å². The molecular formula is C19H25FO. The minimum atomic E-state index is -0.122. The Kier molecular flexibility index (Phi) is 6.26. The molecule has 1 aliphatic carbocycles. The first kappa shape index (κ1) is 16.0. The molecule has 0 heterocycles. The summed E-state index contributed by atoms with van der Waals surface area (Å²) in [6, 6.07) is 3.82. The van der Waals surface area contributed by atoms with Crippen LogP contribution in [0.4, 0.5) is 4.39 Å². The number of hydrogen-bond acceptors (Lipinski definition) is 1. The normalized spacial score (nSPS) is 17.0. The van der Waals surface area contributed by atoms with Crippen molar-refractivity contribution in [2.24, 2.45) is 0 Å². The number of rotatable bonds is 6. The molecule has 0 amide bonds. The van der Waals surface area contributed by atoms with Gasteiger partial charge in [-0.05, 0) is 49.8 Å². The number of benzene rings is 1. The zero-order valence-electron chi connectivity index (χ0n) is 13.2. The predicted octanol–water partition coefficient (Wildman–Crippen LogP) is 4.65. The Labute approximate surface area is 127 Å². The molecule has 0 N–H and O–H groups in total. The van der Waals surface area contributed by atoms with E-state index in [-0.39, 0.29) is 11.9 Å². The summed E-state index contributed by atoms with van der Waals surface area (Å²) < 4.78 is 20.3. The molecule has 1 aromatic rings. The quantitative estimate of drug-likeness (QED) is 0.547. The van der Waals surface area contributed by atoms with Crippen LogP contribution in [0.25, 0.3) is 0 Å². The van der Waals surface area contributed by atoms with Crippen molar-refractivity contribution in [2.75, 3.05) is 6.61 Å². The van der Waals surface area contributed by atoms with Gasteiger partial charge in [0.15, 0.2) is 0 Å². The molecule has 2 rings (SSSR count). The third-order valence-electron chi connectivity index (χ3n) is 4.12. The van der Waals surface area contributed by atoms with Crippen LogP contribution in [-0.4, -0.2) is 12.7 Å². The summed E-state index contributed by atoms with van der Waals surface area (Å²) >= 11 is 0. The Hall–Kier alpha value is -1.33. The highest BCUT2D eigenvalue weighted by molar-refractivity contribution is 5.43. The molecule has 0 spiro atoms. The largest absolute Gasteiger partial charge is 0.378 e. The van der Waals surface area contributed by atoms with Crippen molar-refractivity contribution >= 4 is 0 Å². The Morgan fingerprint density at radius 3 is 2.90 bits per heavy atom. The van der Waals surface area contributed by atoms with Crippen LogP contribution in [0.15, 0.2) is 12.1 Å². The SMILES string of the molecule is CC#Cc1ccc2c(c1F)CCC(OCCCCCC)C2. The van der Waals surface area contributed by atoms with Crippen molar-refractivity contribution in [1.82, 2.24) is 0 Å². The number of halogens is 1. The zero-order chi connectivity index (χ0) is 15.1. The lowest BCUT2D eigenvalue weighted by atomic mass is 9.88. The van der Waals surface area contributed by atoms with E-state index in [1.165, 1.54) is 19.3 Å². The molecule has 0 radical (unpaired) electrons. The van der Waals surface area contributed by atoms with Crippen LogP contribution in [0.3, 0.4) is 0 Å². The van der Waals surface area contributed by atoms with Gasteiger partial charge >= 0.3 is 0 Å². The van der Waals surface area contributed by atoms with Gasteiger partial charge < -0.3 is 4.74 Å². The molecule has 1 aromatic carbocycles. The lowest BCUT2D eigenvalue weighted by molar-refractivity contribution is 0.0414. The zero-order valence-corrected chi connectivity index (χ0v) is 13.2. The van der Waals surface area contributed by atoms with E-state index in [1.807, 2.05) is 6.07 Å². The van der Waals surface area contributed by atoms with Gasteiger partial charge in [-0.3, -0.25) is 0 Å². The number of unbranched alkanes of at least 4 members (excludes halogenated alkanes) is 3. The van der Waals surface area contributed by atoms with Gasteiger partial charge in [0.2, 0.25) is 0 Å². The third-order valence-corrected chi connectivity index (χ3v) is 4.12. The van der Waals surface area contributed by atoms with Crippen LogP contribution >= 0.6 is 0 Å². The number of fused-ring (bicyclic) bond motifs is 1. The van der Waals surface area contributed by atoms with Gasteiger partial charge in [0.05, 0.1) is 11.7 Å². The summed E-state index contributed by atoms with van der Waals surface area (Å²) in [5.74, 6) is 5.48. The second kappa shape index (κ2) is 8.20. The van der Waals surface area contributed by atoms with Gasteiger partial charge in [-0.2, -0.15) is 0 Å². The fourth-order valence-electron chi connectivity index (χ4n) is 2.93. The number of hydrogen-bond donors (Lipinski definition) is 0. The van der Waals surface area contributed by atoms with Crippen LogP contribution in [-0.2, 0) is 17.6 Å². The van der Waals surface area contributed by atoms with E-state index in [9.17, 15) is 4.39 Å². The Balaban J connectivity index is 1.91. The Morgan fingerprint density at radius 1 is 1.29 bits per heavy atom. The van der Waals surface area contributed by atoms with E-state index in [2.05, 4.69) is 18.8 Å². The van der Waals surface area contributed by atoms with Crippen molar-refractivity contribution in [3.63, 3.8) is 0 Å². The second-order valence-electron chi connectivity index (χ2n) is 5.74. The molecule has 2 heteroatoms. The fourth-order valence-corrected chi connectivity index (χ4v) is 2.93. The molecule has 21 heavy (non-hydrogen) atoms. The van der Waals surface area contributed by atoms with E-state index >= 15 is 0 Å². The van der Waals surface area contributed by atoms with Crippen LogP contribution in [0, 0.1) is 17.7 Å². The maximum absolute atomic E-state index is 14.3. The van der Waals surface area contributed by atoms with Crippen molar-refractivity contribution in [2.45, 2.75) is 64.9 Å². The summed E-state index contributed by atoms with van der Waals surface area (Å²) in [6.07, 6.45) is 7.68. The smallest absolute Gasteiger partial charge is 0.142 e. The summed E-state index contributed by atoms with van der Waals surface area (Å²) in [5.41, 5.74) is 2.47. The molecule has 0 aromatic heterocycles. The Morgan fingerprint density at radius 2 is 2.14 bits per heavy atom. The van der Waals surface area contributed by atoms with Crippen LogP contribution in [0.5, 0.6) is 0 Å². The monoisotopic (exact) mass is 288 g/mol. The molecule has 114 valence electrons. The predicted molar refractivity (Wildman–Crippen MR) is 84.9 cm³/mol. The lowest BCUT2D eigenvalue weighted by Gasteiger charge is -2.25. The molecular weight excluding hydrogens is 263 g/mol. The van der Waals surface area contributed by atoms with Crippen molar-refractivity contribution in [3.05, 3.63) is 34.6 Å². The maximum Gasteiger partial charge on any atom is 0.142 e. The van der Waals surface area contributed by atoms with Crippen LogP contribution < -0.4 is 0 Å². The molecule has 0 fully saturated rings. The molecule has 0 bridgehead atoms. The fraction of sp³-hybridized carbons (Fsp3) is 0.579. The molecule has 0 saturated heterocycles. The van der Waals surface area contributed by atoms with Crippen molar-refractivity contribution in [3.8, 4) is 11.8 Å². The van der Waals surface area contributed by atoms with E-state index in [0.717, 1.165) is 43.4 Å². The van der Waals surface area contributed by atoms with E-state index in [1.54, 1.807) is 13.0 Å². The molecule has 0 aliphatic heterocycles. The van der Waals surface area contributed by atoms with Gasteiger partial charge in [0.25, 0.3) is 0 Å². The van der Waals surface area contributed by atoms with Gasteiger partial charge in [-0.25, -0.2) is 4.39 Å². The highest BCUT2D eigenvalue weighted by atomic mass is 19.1. The second-order valence-corrected chi connectivity index (χ2v) is 5.74. The minimum Gasteiger partial charge on any atom is -0.378 e. The van der Waals surface area contributed by atoms with Crippen LogP contribution in [0.2, 0.25) is 0 Å². The van der Waals surface area contributed by atoms with E-state index in [4.69, 9.17) is 4.74 Å². The van der Waals surface area contributed by atoms with Crippen molar-refractivity contribution < 1.29 is 9.13 Å². The van der Waals surface area contributed by atoms with Crippen LogP contribution in [0.1, 0.15) is 62.6 Å². The average Bonchev–Trinajstić information content (AvgIpc) is 2.50. The molecule has 1 nitrogen and oxygen atoms in total. The molecule has 1 unspecified atom stereocenters. The van der Waals surface area contributed by atoms with Gasteiger partial charge in [-0.1, -0.05) is 38.2 Å². The summed E-state index contributed by atoms with van der Waals surface area (Å²) in [4.78, 5) is 0. The van der Waals surface area contributed by atoms with E-state index < -0.39 is 0 Å². The van der Waals surface area contributed by atoms with Gasteiger partial charge in [-0.15, -0.1) is 5.92 Å². The summed E-state index contributed by atoms with van der Waals surface area (Å²) in [6.45, 7) is 4.79. The summed E-state index contributed by atoms with van der Waals surface area (Å²) in [5, 5.41) is 0. The highest BCUT2D eigenvalue weighted by Crippen LogP contribution is 2.27. The molecule has 1 aliphatic rings. The maximum atomic E-state index is 14.3. The van der Waals surface area contributed by atoms with Gasteiger partial charge in [0.1, 0.15) is 5.82 Å². The molecule has 1 atom stereocenters.